The van der Waals surface area contributed by atoms with E-state index in [2.05, 4.69) is 144 Å². The van der Waals surface area contributed by atoms with Gasteiger partial charge in [-0.05, 0) is 0 Å². The van der Waals surface area contributed by atoms with Gasteiger partial charge in [0.25, 0.3) is 0 Å². The van der Waals surface area contributed by atoms with Crippen LogP contribution in [0.4, 0.5) is 17.1 Å². The van der Waals surface area contributed by atoms with Gasteiger partial charge in [0.05, 0.1) is 0 Å². The van der Waals surface area contributed by atoms with Crippen LogP contribution in [-0.2, 0) is 0 Å². The van der Waals surface area contributed by atoms with Crippen molar-refractivity contribution in [2.45, 2.75) is 0 Å². The van der Waals surface area contributed by atoms with Gasteiger partial charge >= 0.3 is 237 Å². The van der Waals surface area contributed by atoms with Crippen LogP contribution in [0.15, 0.2) is 144 Å². The fourth-order valence-corrected chi connectivity index (χ4v) is 8.91. The molecule has 7 aromatic carbocycles. The molecule has 0 radical (unpaired) electrons. The number of furan rings is 1. The summed E-state index contributed by atoms with van der Waals surface area (Å²) in [5, 5.41) is 10.1. The first-order chi connectivity index (χ1) is 20.3. The van der Waals surface area contributed by atoms with Crippen LogP contribution in [0.25, 0.3) is 62.8 Å². The molecule has 0 saturated carbocycles. The zero-order chi connectivity index (χ0) is 26.9. The third kappa shape index (κ3) is 3.57. The summed E-state index contributed by atoms with van der Waals surface area (Å²) in [7, 11) is 0. The Bertz CT molecular complexity index is 2430. The third-order valence-electron chi connectivity index (χ3n) is 8.20. The van der Waals surface area contributed by atoms with E-state index >= 15 is 0 Å². The normalized spacial score (nSPS) is 11.9. The average Bonchev–Trinajstić information content (AvgIpc) is 3.58. The van der Waals surface area contributed by atoms with Crippen molar-refractivity contribution in [3.63, 3.8) is 0 Å². The average molecular weight is 589 g/mol. The third-order valence-corrected chi connectivity index (χ3v) is 10.7. The molecule has 2 aromatic heterocycles. The fourth-order valence-electron chi connectivity index (χ4n) is 6.25. The molecule has 2 nitrogen and oxygen atoms in total. The van der Waals surface area contributed by atoms with Crippen molar-refractivity contribution in [3.05, 3.63) is 140 Å². The molecule has 0 spiro atoms. The van der Waals surface area contributed by atoms with E-state index in [0.29, 0.717) is 0 Å². The van der Waals surface area contributed by atoms with E-state index in [1.807, 2.05) is 0 Å². The molecule has 0 aliphatic heterocycles. The van der Waals surface area contributed by atoms with Gasteiger partial charge in [0.2, 0.25) is 0 Å². The first-order valence-corrected chi connectivity index (χ1v) is 15.6. The van der Waals surface area contributed by atoms with E-state index in [-0.39, 0.29) is 14.5 Å². The van der Waals surface area contributed by atoms with Gasteiger partial charge in [0.15, 0.2) is 0 Å². The summed E-state index contributed by atoms with van der Waals surface area (Å²) in [5.74, 6) is 0. The number of nitrogens with zero attached hydrogens (tertiary/aromatic N) is 1. The predicted molar refractivity (Wildman–Crippen MR) is 175 cm³/mol. The number of fused-ring (bicyclic) bond motifs is 9. The Balaban J connectivity index is 1.26. The summed E-state index contributed by atoms with van der Waals surface area (Å²) >= 11 is 0.246. The summed E-state index contributed by atoms with van der Waals surface area (Å²) in [6.45, 7) is 0. The molecule has 0 aliphatic rings. The molecule has 192 valence electrons. The molecule has 9 aromatic rings. The minimum absolute atomic E-state index is 0.246. The molecule has 9 rings (SSSR count). The number of para-hydroxylation sites is 1. The van der Waals surface area contributed by atoms with Crippen molar-refractivity contribution >= 4 is 94.3 Å². The summed E-state index contributed by atoms with van der Waals surface area (Å²) in [4.78, 5) is 2.37. The van der Waals surface area contributed by atoms with Crippen LogP contribution in [-0.4, -0.2) is 14.5 Å². The number of hydrogen-bond acceptors (Lipinski definition) is 2. The fraction of sp³-hybridized carbons (Fsp3) is 0. The first kappa shape index (κ1) is 22.9. The van der Waals surface area contributed by atoms with Gasteiger partial charge in [-0.15, -0.1) is 0 Å². The quantitative estimate of drug-likeness (QED) is 0.191. The molecule has 0 fully saturated rings. The SMILES string of the molecule is c1ccc(N(c2ccc3c(c2)[se]c2c4ccccc4ccc32)c2ccc3oc4cc5ccccc5cc4c3c2)cc1. The van der Waals surface area contributed by atoms with Crippen LogP contribution < -0.4 is 4.90 Å². The van der Waals surface area contributed by atoms with E-state index < -0.39 is 0 Å². The molecule has 0 unspecified atom stereocenters. The van der Waals surface area contributed by atoms with Gasteiger partial charge < -0.3 is 0 Å². The van der Waals surface area contributed by atoms with E-state index in [4.69, 9.17) is 4.42 Å². The summed E-state index contributed by atoms with van der Waals surface area (Å²) in [6, 6.07) is 50.5. The number of benzene rings is 7. The van der Waals surface area contributed by atoms with Gasteiger partial charge in [0.1, 0.15) is 0 Å². The van der Waals surface area contributed by atoms with Crippen molar-refractivity contribution in [2.75, 3.05) is 4.90 Å². The number of hydrogen-bond donors (Lipinski definition) is 0. The zero-order valence-electron chi connectivity index (χ0n) is 22.0. The summed E-state index contributed by atoms with van der Waals surface area (Å²) in [5.41, 5.74) is 5.26. The van der Waals surface area contributed by atoms with Gasteiger partial charge in [-0.2, -0.15) is 0 Å². The van der Waals surface area contributed by atoms with E-state index in [1.54, 1.807) is 0 Å². The first-order valence-electron chi connectivity index (χ1n) is 13.8. The Hall–Kier alpha value is -4.82. The van der Waals surface area contributed by atoms with Crippen LogP contribution in [0.5, 0.6) is 0 Å². The number of anilines is 3. The molecule has 0 atom stereocenters. The maximum absolute atomic E-state index is 6.32. The zero-order valence-corrected chi connectivity index (χ0v) is 23.8. The molecule has 0 saturated heterocycles. The van der Waals surface area contributed by atoms with Crippen molar-refractivity contribution in [3.8, 4) is 0 Å². The predicted octanol–water partition coefficient (Wildman–Crippen LogP) is 10.7. The Labute approximate surface area is 242 Å². The Kier molecular flexibility index (Phi) is 4.95. The molecular formula is C38H23NOSe. The molecule has 0 N–H and O–H groups in total. The summed E-state index contributed by atoms with van der Waals surface area (Å²) in [6.07, 6.45) is 0. The molecule has 3 heteroatoms. The molecule has 0 bridgehead atoms. The minimum atomic E-state index is 0.246. The van der Waals surface area contributed by atoms with E-state index in [9.17, 15) is 0 Å². The maximum atomic E-state index is 6.32. The van der Waals surface area contributed by atoms with E-state index in [0.717, 1.165) is 33.3 Å². The molecule has 2 heterocycles. The van der Waals surface area contributed by atoms with E-state index in [1.165, 1.54) is 46.5 Å². The monoisotopic (exact) mass is 589 g/mol. The van der Waals surface area contributed by atoms with Crippen molar-refractivity contribution in [1.82, 2.24) is 0 Å². The Morgan fingerprint density at radius 2 is 1.10 bits per heavy atom. The van der Waals surface area contributed by atoms with Gasteiger partial charge in [-0.1, -0.05) is 6.07 Å². The number of rotatable bonds is 3. The van der Waals surface area contributed by atoms with Crippen LogP contribution in [0.1, 0.15) is 0 Å². The van der Waals surface area contributed by atoms with Gasteiger partial charge in [0, 0.05) is 0 Å². The topological polar surface area (TPSA) is 16.4 Å². The Morgan fingerprint density at radius 3 is 1.98 bits per heavy atom. The second-order valence-electron chi connectivity index (χ2n) is 10.6. The van der Waals surface area contributed by atoms with Crippen molar-refractivity contribution in [1.29, 1.82) is 0 Å². The second kappa shape index (κ2) is 8.84. The van der Waals surface area contributed by atoms with Gasteiger partial charge in [-0.3, -0.25) is 0 Å². The second-order valence-corrected chi connectivity index (χ2v) is 12.8. The van der Waals surface area contributed by atoms with Crippen LogP contribution >= 0.6 is 0 Å². The molecular weight excluding hydrogens is 565 g/mol. The Morgan fingerprint density at radius 1 is 0.415 bits per heavy atom. The van der Waals surface area contributed by atoms with Crippen molar-refractivity contribution in [2.24, 2.45) is 0 Å². The molecule has 0 aliphatic carbocycles. The summed E-state index contributed by atoms with van der Waals surface area (Å²) < 4.78 is 9.25. The molecule has 0 amide bonds. The van der Waals surface area contributed by atoms with Crippen LogP contribution in [0.3, 0.4) is 0 Å². The molecule has 41 heavy (non-hydrogen) atoms. The van der Waals surface area contributed by atoms with Gasteiger partial charge in [-0.25, -0.2) is 0 Å². The van der Waals surface area contributed by atoms with Crippen LogP contribution in [0, 0.1) is 0 Å². The van der Waals surface area contributed by atoms with Crippen LogP contribution in [0.2, 0.25) is 0 Å². The standard InChI is InChI=1S/C38H23NOSe/c1-2-11-27(12-3-1)39(28-16-19-35-34(22-28)33-20-25-9-4-5-10-26(25)21-36(33)40-35)29-15-18-31-32-17-14-24-8-6-7-13-30(24)38(32)41-37(31)23-29/h1-23H. The van der Waals surface area contributed by atoms with Crippen molar-refractivity contribution < 1.29 is 4.42 Å².